The van der Waals surface area contributed by atoms with Gasteiger partial charge in [0.2, 0.25) is 0 Å². The van der Waals surface area contributed by atoms with Gasteiger partial charge in [-0.1, -0.05) is 24.2 Å². The zero-order valence-corrected chi connectivity index (χ0v) is 10.2. The Hall–Kier alpha value is -1.91. The largest absolute Gasteiger partial charge is 0.492 e. The molecule has 0 radical (unpaired) electrons. The zero-order valence-electron chi connectivity index (χ0n) is 10.2. The SMILES string of the molecule is CCOc1ccccc1NCC(C)C(N)=NO. The van der Waals surface area contributed by atoms with Crippen molar-refractivity contribution in [3.05, 3.63) is 24.3 Å². The van der Waals surface area contributed by atoms with Crippen LogP contribution in [0.2, 0.25) is 0 Å². The Kier molecular flexibility index (Phi) is 5.13. The molecule has 0 aliphatic heterocycles. The van der Waals surface area contributed by atoms with Crippen LogP contribution in [0.25, 0.3) is 0 Å². The number of nitrogens with zero attached hydrogens (tertiary/aromatic N) is 1. The average molecular weight is 237 g/mol. The fraction of sp³-hybridized carbons (Fsp3) is 0.417. The summed E-state index contributed by atoms with van der Waals surface area (Å²) < 4.78 is 5.48. The van der Waals surface area contributed by atoms with Gasteiger partial charge in [-0.3, -0.25) is 0 Å². The third kappa shape index (κ3) is 3.86. The lowest BCUT2D eigenvalue weighted by atomic mass is 10.1. The van der Waals surface area contributed by atoms with Gasteiger partial charge >= 0.3 is 0 Å². The molecule has 4 N–H and O–H groups in total. The first kappa shape index (κ1) is 13.2. The zero-order chi connectivity index (χ0) is 12.7. The van der Waals surface area contributed by atoms with Crippen LogP contribution in [-0.4, -0.2) is 24.2 Å². The van der Waals surface area contributed by atoms with Gasteiger partial charge in [0.1, 0.15) is 11.6 Å². The summed E-state index contributed by atoms with van der Waals surface area (Å²) in [5.74, 6) is 0.975. The van der Waals surface area contributed by atoms with Crippen LogP contribution in [0.3, 0.4) is 0 Å². The average Bonchev–Trinajstić information content (AvgIpc) is 2.36. The van der Waals surface area contributed by atoms with Crippen molar-refractivity contribution in [2.24, 2.45) is 16.8 Å². The fourth-order valence-electron chi connectivity index (χ4n) is 1.36. The number of nitrogens with one attached hydrogen (secondary N) is 1. The minimum Gasteiger partial charge on any atom is -0.492 e. The lowest BCUT2D eigenvalue weighted by Crippen LogP contribution is -2.27. The van der Waals surface area contributed by atoms with E-state index in [1.165, 1.54) is 0 Å². The number of oxime groups is 1. The summed E-state index contributed by atoms with van der Waals surface area (Å²) in [7, 11) is 0. The van der Waals surface area contributed by atoms with Crippen molar-refractivity contribution in [2.45, 2.75) is 13.8 Å². The fourth-order valence-corrected chi connectivity index (χ4v) is 1.36. The molecule has 0 fully saturated rings. The lowest BCUT2D eigenvalue weighted by molar-refractivity contribution is 0.314. The van der Waals surface area contributed by atoms with Gasteiger partial charge < -0.3 is 21.0 Å². The smallest absolute Gasteiger partial charge is 0.143 e. The molecule has 1 aromatic carbocycles. The second-order valence-corrected chi connectivity index (χ2v) is 3.74. The van der Waals surface area contributed by atoms with Gasteiger partial charge in [0, 0.05) is 12.5 Å². The predicted octanol–water partition coefficient (Wildman–Crippen LogP) is 1.88. The van der Waals surface area contributed by atoms with Crippen LogP contribution in [0.4, 0.5) is 5.69 Å². The molecule has 0 bridgehead atoms. The Labute approximate surface area is 101 Å². The van der Waals surface area contributed by atoms with Crippen molar-refractivity contribution < 1.29 is 9.94 Å². The number of hydrogen-bond acceptors (Lipinski definition) is 4. The summed E-state index contributed by atoms with van der Waals surface area (Å²) in [4.78, 5) is 0. The van der Waals surface area contributed by atoms with E-state index in [0.29, 0.717) is 13.2 Å². The van der Waals surface area contributed by atoms with E-state index in [0.717, 1.165) is 11.4 Å². The molecule has 1 aromatic rings. The summed E-state index contributed by atoms with van der Waals surface area (Å²) in [6, 6.07) is 7.69. The molecule has 0 aliphatic rings. The molecule has 0 amide bonds. The van der Waals surface area contributed by atoms with Crippen molar-refractivity contribution in [1.82, 2.24) is 0 Å². The summed E-state index contributed by atoms with van der Waals surface area (Å²) in [5, 5.41) is 14.8. The van der Waals surface area contributed by atoms with Crippen LogP contribution in [-0.2, 0) is 0 Å². The molecule has 0 saturated heterocycles. The molecule has 5 nitrogen and oxygen atoms in total. The Bertz CT molecular complexity index is 380. The maximum Gasteiger partial charge on any atom is 0.143 e. The summed E-state index contributed by atoms with van der Waals surface area (Å²) in [5.41, 5.74) is 6.42. The molecule has 94 valence electrons. The maximum atomic E-state index is 8.55. The van der Waals surface area contributed by atoms with Crippen LogP contribution in [0.1, 0.15) is 13.8 Å². The molecule has 0 heterocycles. The van der Waals surface area contributed by atoms with E-state index in [2.05, 4.69) is 10.5 Å². The maximum absolute atomic E-state index is 8.55. The number of nitrogens with two attached hydrogens (primary N) is 1. The minimum absolute atomic E-state index is 0.0466. The van der Waals surface area contributed by atoms with Crippen molar-refractivity contribution in [3.8, 4) is 5.75 Å². The molecule has 0 spiro atoms. The van der Waals surface area contributed by atoms with E-state index in [1.807, 2.05) is 38.1 Å². The Morgan fingerprint density at radius 1 is 1.53 bits per heavy atom. The summed E-state index contributed by atoms with van der Waals surface area (Å²) in [6.45, 7) is 5.02. The highest BCUT2D eigenvalue weighted by atomic mass is 16.5. The van der Waals surface area contributed by atoms with Crippen molar-refractivity contribution >= 4 is 11.5 Å². The highest BCUT2D eigenvalue weighted by Crippen LogP contribution is 2.23. The second kappa shape index (κ2) is 6.62. The third-order valence-electron chi connectivity index (χ3n) is 2.41. The van der Waals surface area contributed by atoms with Crippen molar-refractivity contribution in [2.75, 3.05) is 18.5 Å². The highest BCUT2D eigenvalue weighted by Gasteiger charge is 2.08. The first-order valence-corrected chi connectivity index (χ1v) is 5.62. The van der Waals surface area contributed by atoms with E-state index in [9.17, 15) is 0 Å². The molecule has 5 heteroatoms. The molecule has 1 unspecified atom stereocenters. The summed E-state index contributed by atoms with van der Waals surface area (Å²) in [6.07, 6.45) is 0. The molecule has 0 aliphatic carbocycles. The highest BCUT2D eigenvalue weighted by molar-refractivity contribution is 5.82. The number of hydrogen-bond donors (Lipinski definition) is 3. The molecular weight excluding hydrogens is 218 g/mol. The Balaban J connectivity index is 2.62. The van der Waals surface area contributed by atoms with Crippen molar-refractivity contribution in [1.29, 1.82) is 0 Å². The standard InChI is InChI=1S/C12H19N3O2/c1-3-17-11-7-5-4-6-10(11)14-8-9(2)12(13)15-16/h4-7,9,14,16H,3,8H2,1-2H3,(H2,13,15). The van der Waals surface area contributed by atoms with E-state index < -0.39 is 0 Å². The normalized spacial score (nSPS) is 13.2. The molecule has 17 heavy (non-hydrogen) atoms. The van der Waals surface area contributed by atoms with E-state index in [1.54, 1.807) is 0 Å². The van der Waals surface area contributed by atoms with Gasteiger partial charge in [-0.05, 0) is 19.1 Å². The van der Waals surface area contributed by atoms with Gasteiger partial charge in [-0.25, -0.2) is 0 Å². The van der Waals surface area contributed by atoms with Crippen LogP contribution < -0.4 is 15.8 Å². The van der Waals surface area contributed by atoms with Crippen LogP contribution in [0.15, 0.2) is 29.4 Å². The molecule has 1 atom stereocenters. The van der Waals surface area contributed by atoms with Gasteiger partial charge in [-0.2, -0.15) is 0 Å². The number of anilines is 1. The first-order chi connectivity index (χ1) is 8.19. The van der Waals surface area contributed by atoms with E-state index in [-0.39, 0.29) is 11.8 Å². The number of amidine groups is 1. The molecule has 1 rings (SSSR count). The van der Waals surface area contributed by atoms with Gasteiger partial charge in [0.15, 0.2) is 0 Å². The monoisotopic (exact) mass is 237 g/mol. The quantitative estimate of drug-likeness (QED) is 0.305. The van der Waals surface area contributed by atoms with Crippen LogP contribution in [0.5, 0.6) is 5.75 Å². The number of para-hydroxylation sites is 2. The van der Waals surface area contributed by atoms with Gasteiger partial charge in [-0.15, -0.1) is 0 Å². The van der Waals surface area contributed by atoms with Crippen LogP contribution >= 0.6 is 0 Å². The van der Waals surface area contributed by atoms with E-state index in [4.69, 9.17) is 15.7 Å². The first-order valence-electron chi connectivity index (χ1n) is 5.62. The van der Waals surface area contributed by atoms with E-state index >= 15 is 0 Å². The molecule has 0 saturated carbocycles. The van der Waals surface area contributed by atoms with Gasteiger partial charge in [0.25, 0.3) is 0 Å². The Morgan fingerprint density at radius 2 is 2.24 bits per heavy atom. The second-order valence-electron chi connectivity index (χ2n) is 3.74. The predicted molar refractivity (Wildman–Crippen MR) is 68.7 cm³/mol. The van der Waals surface area contributed by atoms with Crippen LogP contribution in [0, 0.1) is 5.92 Å². The Morgan fingerprint density at radius 3 is 2.88 bits per heavy atom. The molecule has 0 aromatic heterocycles. The topological polar surface area (TPSA) is 79.9 Å². The third-order valence-corrected chi connectivity index (χ3v) is 2.41. The lowest BCUT2D eigenvalue weighted by Gasteiger charge is -2.15. The summed E-state index contributed by atoms with van der Waals surface area (Å²) >= 11 is 0. The minimum atomic E-state index is -0.0466. The number of benzene rings is 1. The van der Waals surface area contributed by atoms with Crippen molar-refractivity contribution in [3.63, 3.8) is 0 Å². The number of rotatable bonds is 6. The van der Waals surface area contributed by atoms with Gasteiger partial charge in [0.05, 0.1) is 12.3 Å². The molecular formula is C12H19N3O2. The number of ether oxygens (including phenoxy) is 1.